The van der Waals surface area contributed by atoms with Gasteiger partial charge in [-0.3, -0.25) is 10.1 Å². The zero-order chi connectivity index (χ0) is 13.7. The molecule has 0 aliphatic heterocycles. The molecule has 0 radical (unpaired) electrons. The quantitative estimate of drug-likeness (QED) is 0.364. The number of hydrogen-bond acceptors (Lipinski definition) is 4. The van der Waals surface area contributed by atoms with Crippen LogP contribution in [-0.4, -0.2) is 21.2 Å². The summed E-state index contributed by atoms with van der Waals surface area (Å²) in [5.41, 5.74) is 0.565. The van der Waals surface area contributed by atoms with E-state index in [1.165, 1.54) is 4.68 Å². The average molecular weight is 250 g/mol. The van der Waals surface area contributed by atoms with E-state index >= 15 is 0 Å². The summed E-state index contributed by atoms with van der Waals surface area (Å²) < 4.78 is 1.52. The van der Waals surface area contributed by atoms with Gasteiger partial charge in [-0.05, 0) is 6.42 Å². The van der Waals surface area contributed by atoms with Crippen molar-refractivity contribution in [2.45, 2.75) is 32.6 Å². The van der Waals surface area contributed by atoms with Gasteiger partial charge in [-0.25, -0.2) is 4.68 Å². The number of nitro groups is 1. The number of aryl methyl sites for hydroxylation is 1. The van der Waals surface area contributed by atoms with Crippen molar-refractivity contribution in [1.82, 2.24) is 9.78 Å². The first-order chi connectivity index (χ1) is 8.49. The Hall–Kier alpha value is -2.03. The lowest BCUT2D eigenvalue weighted by molar-refractivity contribution is -0.384. The number of aromatic nitrogens is 2. The minimum atomic E-state index is -0.383. The van der Waals surface area contributed by atoms with Crippen LogP contribution in [0.2, 0.25) is 0 Å². The number of terminal acetylenes is 1. The predicted octanol–water partition coefficient (Wildman–Crippen LogP) is 2.28. The lowest BCUT2D eigenvalue weighted by Crippen LogP contribution is -2.07. The van der Waals surface area contributed by atoms with Gasteiger partial charge in [0.2, 0.25) is 5.82 Å². The van der Waals surface area contributed by atoms with Crippen molar-refractivity contribution in [3.63, 3.8) is 0 Å². The predicted molar refractivity (Wildman–Crippen MR) is 70.5 cm³/mol. The standard InChI is InChI=1S/C12H18N4O2/c1-5-6-7-8-13-12-11(16(17)18)10(9(2)3)14-15(12)4/h1,9,13H,6-8H2,2-4H3. The maximum Gasteiger partial charge on any atom is 0.334 e. The van der Waals surface area contributed by atoms with Crippen LogP contribution in [0.3, 0.4) is 0 Å². The van der Waals surface area contributed by atoms with Gasteiger partial charge in [-0.15, -0.1) is 12.3 Å². The van der Waals surface area contributed by atoms with E-state index in [4.69, 9.17) is 6.42 Å². The summed E-state index contributed by atoms with van der Waals surface area (Å²) in [5, 5.41) is 18.4. The third-order valence-corrected chi connectivity index (χ3v) is 2.57. The van der Waals surface area contributed by atoms with Crippen molar-refractivity contribution in [2.75, 3.05) is 11.9 Å². The minimum absolute atomic E-state index is 0.0119. The Morgan fingerprint density at radius 1 is 1.61 bits per heavy atom. The van der Waals surface area contributed by atoms with Crippen LogP contribution in [0.1, 0.15) is 38.3 Å². The summed E-state index contributed by atoms with van der Waals surface area (Å²) in [6.07, 6.45) is 6.58. The highest BCUT2D eigenvalue weighted by Crippen LogP contribution is 2.32. The van der Waals surface area contributed by atoms with Crippen LogP contribution in [0.15, 0.2) is 0 Å². The van der Waals surface area contributed by atoms with Crippen molar-refractivity contribution in [1.29, 1.82) is 0 Å². The summed E-state index contributed by atoms with van der Waals surface area (Å²) in [4.78, 5) is 10.7. The second-order valence-electron chi connectivity index (χ2n) is 4.35. The van der Waals surface area contributed by atoms with Crippen molar-refractivity contribution in [3.05, 3.63) is 15.8 Å². The van der Waals surface area contributed by atoms with E-state index in [9.17, 15) is 10.1 Å². The first-order valence-electron chi connectivity index (χ1n) is 5.87. The second kappa shape index (κ2) is 6.05. The third kappa shape index (κ3) is 3.00. The van der Waals surface area contributed by atoms with Gasteiger partial charge in [-0.1, -0.05) is 13.8 Å². The highest BCUT2D eigenvalue weighted by Gasteiger charge is 2.27. The fourth-order valence-corrected chi connectivity index (χ4v) is 1.70. The molecule has 0 amide bonds. The third-order valence-electron chi connectivity index (χ3n) is 2.57. The highest BCUT2D eigenvalue weighted by molar-refractivity contribution is 5.60. The van der Waals surface area contributed by atoms with Gasteiger partial charge in [0.15, 0.2) is 0 Å². The van der Waals surface area contributed by atoms with E-state index in [0.29, 0.717) is 24.5 Å². The molecule has 0 spiro atoms. The first-order valence-corrected chi connectivity index (χ1v) is 5.87. The molecule has 6 nitrogen and oxygen atoms in total. The molecule has 0 saturated heterocycles. The molecule has 0 atom stereocenters. The van der Waals surface area contributed by atoms with Gasteiger partial charge in [0.25, 0.3) is 0 Å². The number of anilines is 1. The minimum Gasteiger partial charge on any atom is -0.364 e. The average Bonchev–Trinajstić information content (AvgIpc) is 2.62. The fraction of sp³-hybridized carbons (Fsp3) is 0.583. The molecule has 0 saturated carbocycles. The van der Waals surface area contributed by atoms with Gasteiger partial charge in [-0.2, -0.15) is 5.10 Å². The van der Waals surface area contributed by atoms with Gasteiger partial charge in [0.05, 0.1) is 4.92 Å². The molecule has 6 heteroatoms. The number of unbranched alkanes of at least 4 members (excludes halogenated alkanes) is 1. The molecule has 1 aromatic rings. The number of hydrogen-bond donors (Lipinski definition) is 1. The van der Waals surface area contributed by atoms with Gasteiger partial charge >= 0.3 is 5.69 Å². The van der Waals surface area contributed by atoms with Crippen LogP contribution in [0.4, 0.5) is 11.5 Å². The molecule has 1 aromatic heterocycles. The van der Waals surface area contributed by atoms with E-state index < -0.39 is 0 Å². The van der Waals surface area contributed by atoms with E-state index in [-0.39, 0.29) is 16.5 Å². The van der Waals surface area contributed by atoms with Crippen molar-refractivity contribution in [2.24, 2.45) is 7.05 Å². The van der Waals surface area contributed by atoms with Crippen molar-refractivity contribution < 1.29 is 4.92 Å². The van der Waals surface area contributed by atoms with E-state index in [0.717, 1.165) is 6.42 Å². The van der Waals surface area contributed by atoms with Crippen molar-refractivity contribution in [3.8, 4) is 12.3 Å². The molecule has 0 fully saturated rings. The smallest absolute Gasteiger partial charge is 0.334 e. The lowest BCUT2D eigenvalue weighted by atomic mass is 10.1. The monoisotopic (exact) mass is 250 g/mol. The maximum atomic E-state index is 11.1. The Bertz CT molecular complexity index is 471. The summed E-state index contributed by atoms with van der Waals surface area (Å²) in [6, 6.07) is 0. The molecule has 0 aliphatic rings. The summed E-state index contributed by atoms with van der Waals surface area (Å²) >= 11 is 0. The highest BCUT2D eigenvalue weighted by atomic mass is 16.6. The van der Waals surface area contributed by atoms with Crippen LogP contribution in [0, 0.1) is 22.5 Å². The molecule has 0 aromatic carbocycles. The van der Waals surface area contributed by atoms with E-state index in [1.54, 1.807) is 7.05 Å². The van der Waals surface area contributed by atoms with E-state index in [2.05, 4.69) is 16.3 Å². The molecular weight excluding hydrogens is 232 g/mol. The number of nitrogens with one attached hydrogen (secondary N) is 1. The molecule has 0 unspecified atom stereocenters. The van der Waals surface area contributed by atoms with E-state index in [1.807, 2.05) is 13.8 Å². The van der Waals surface area contributed by atoms with Gasteiger partial charge in [0, 0.05) is 25.9 Å². The normalized spacial score (nSPS) is 10.4. The maximum absolute atomic E-state index is 11.1. The van der Waals surface area contributed by atoms with Crippen LogP contribution >= 0.6 is 0 Å². The SMILES string of the molecule is C#CCCCNc1c([N+](=O)[O-])c(C(C)C)nn1C. The van der Waals surface area contributed by atoms with Crippen LogP contribution < -0.4 is 5.32 Å². The van der Waals surface area contributed by atoms with Crippen LogP contribution in [0.25, 0.3) is 0 Å². The lowest BCUT2D eigenvalue weighted by Gasteiger charge is -2.04. The fourth-order valence-electron chi connectivity index (χ4n) is 1.70. The molecule has 0 aliphatic carbocycles. The molecule has 1 rings (SSSR count). The molecule has 98 valence electrons. The summed E-state index contributed by atoms with van der Waals surface area (Å²) in [5.74, 6) is 2.99. The Labute approximate surface area is 107 Å². The Morgan fingerprint density at radius 2 is 2.28 bits per heavy atom. The molecular formula is C12H18N4O2. The first kappa shape index (κ1) is 14.0. The zero-order valence-electron chi connectivity index (χ0n) is 10.9. The van der Waals surface area contributed by atoms with Crippen LogP contribution in [-0.2, 0) is 7.05 Å². The molecule has 1 heterocycles. The molecule has 1 N–H and O–H groups in total. The molecule has 0 bridgehead atoms. The second-order valence-corrected chi connectivity index (χ2v) is 4.35. The Balaban J connectivity index is 2.96. The van der Waals surface area contributed by atoms with Gasteiger partial charge in [0.1, 0.15) is 5.69 Å². The summed E-state index contributed by atoms with van der Waals surface area (Å²) in [7, 11) is 1.70. The topological polar surface area (TPSA) is 73.0 Å². The Kier molecular flexibility index (Phi) is 4.72. The number of nitrogens with zero attached hydrogens (tertiary/aromatic N) is 3. The largest absolute Gasteiger partial charge is 0.364 e. The zero-order valence-corrected chi connectivity index (χ0v) is 10.9. The van der Waals surface area contributed by atoms with Crippen molar-refractivity contribution >= 4 is 11.5 Å². The molecule has 18 heavy (non-hydrogen) atoms. The van der Waals surface area contributed by atoms with Crippen LogP contribution in [0.5, 0.6) is 0 Å². The van der Waals surface area contributed by atoms with Gasteiger partial charge < -0.3 is 5.32 Å². The summed E-state index contributed by atoms with van der Waals surface area (Å²) in [6.45, 7) is 4.37. The number of rotatable bonds is 6. The Morgan fingerprint density at radius 3 is 2.78 bits per heavy atom.